The Hall–Kier alpha value is -5.59. The average Bonchev–Trinajstić information content (AvgIpc) is 3.54. The summed E-state index contributed by atoms with van der Waals surface area (Å²) in [5, 5.41) is 14.5. The number of rotatable bonds is 3. The first-order chi connectivity index (χ1) is 20.6. The minimum absolute atomic E-state index is 0.692. The smallest absolute Gasteiger partial charge is 0.0991 e. The molecule has 0 aliphatic heterocycles. The second kappa shape index (κ2) is 9.23. The number of nitriles is 1. The average molecular weight is 538 g/mol. The highest BCUT2D eigenvalue weighted by Gasteiger charge is 2.20. The third kappa shape index (κ3) is 3.46. The van der Waals surface area contributed by atoms with Crippen molar-refractivity contribution in [1.82, 2.24) is 9.13 Å². The van der Waals surface area contributed by atoms with E-state index in [0.29, 0.717) is 5.56 Å². The van der Waals surface area contributed by atoms with Gasteiger partial charge in [-0.1, -0.05) is 78.9 Å². The normalized spacial score (nSPS) is 11.5. The molecule has 0 spiro atoms. The van der Waals surface area contributed by atoms with Crippen molar-refractivity contribution in [2.75, 3.05) is 0 Å². The molecule has 2 heterocycles. The van der Waals surface area contributed by atoms with Crippen LogP contribution in [0.5, 0.6) is 0 Å². The predicted molar refractivity (Wildman–Crippen MR) is 175 cm³/mol. The minimum Gasteiger partial charge on any atom is -0.309 e. The van der Waals surface area contributed by atoms with E-state index < -0.39 is 0 Å². The molecule has 0 fully saturated rings. The van der Waals surface area contributed by atoms with Gasteiger partial charge in [-0.3, -0.25) is 0 Å². The van der Waals surface area contributed by atoms with Crippen molar-refractivity contribution in [1.29, 1.82) is 5.26 Å². The Bertz CT molecular complexity index is 2360. The first kappa shape index (κ1) is 24.2. The maximum atomic E-state index is 9.57. The number of aryl methyl sites for hydroxylation is 2. The van der Waals surface area contributed by atoms with Crippen LogP contribution in [0.2, 0.25) is 0 Å². The van der Waals surface area contributed by atoms with E-state index in [1.54, 1.807) is 0 Å². The Morgan fingerprint density at radius 2 is 1.14 bits per heavy atom. The van der Waals surface area contributed by atoms with Crippen LogP contribution in [0, 0.1) is 25.2 Å². The molecule has 3 nitrogen and oxygen atoms in total. The van der Waals surface area contributed by atoms with E-state index in [2.05, 4.69) is 144 Å². The largest absolute Gasteiger partial charge is 0.309 e. The number of hydrogen-bond acceptors (Lipinski definition) is 1. The second-order valence-electron chi connectivity index (χ2n) is 11.0. The summed E-state index contributed by atoms with van der Waals surface area (Å²) < 4.78 is 4.75. The first-order valence-corrected chi connectivity index (χ1v) is 14.3. The quantitative estimate of drug-likeness (QED) is 0.221. The van der Waals surface area contributed by atoms with Gasteiger partial charge in [0.1, 0.15) is 0 Å². The summed E-state index contributed by atoms with van der Waals surface area (Å²) in [5.41, 5.74) is 12.3. The number of para-hydroxylation sites is 3. The van der Waals surface area contributed by atoms with Gasteiger partial charge in [-0.05, 0) is 84.6 Å². The molecular weight excluding hydrogens is 510 g/mol. The van der Waals surface area contributed by atoms with Crippen LogP contribution in [0.25, 0.3) is 66.1 Å². The fourth-order valence-corrected chi connectivity index (χ4v) is 6.87. The summed E-state index contributed by atoms with van der Waals surface area (Å²) in [6.07, 6.45) is 0. The Kier molecular flexibility index (Phi) is 5.32. The lowest BCUT2D eigenvalue weighted by atomic mass is 9.98. The Morgan fingerprint density at radius 3 is 1.88 bits per heavy atom. The molecule has 0 radical (unpaired) electrons. The lowest BCUT2D eigenvalue weighted by Gasteiger charge is -2.15. The molecule has 0 saturated carbocycles. The zero-order valence-electron chi connectivity index (χ0n) is 23.5. The molecule has 0 atom stereocenters. The zero-order chi connectivity index (χ0) is 28.4. The van der Waals surface area contributed by atoms with Gasteiger partial charge in [-0.25, -0.2) is 0 Å². The molecule has 2 aromatic heterocycles. The summed E-state index contributed by atoms with van der Waals surface area (Å²) in [6, 6.07) is 47.7. The second-order valence-corrected chi connectivity index (χ2v) is 11.0. The number of nitrogens with zero attached hydrogens (tertiary/aromatic N) is 3. The van der Waals surface area contributed by atoms with Crippen LogP contribution < -0.4 is 0 Å². The number of benzene rings is 6. The van der Waals surface area contributed by atoms with E-state index in [4.69, 9.17) is 0 Å². The fourth-order valence-electron chi connectivity index (χ4n) is 6.87. The van der Waals surface area contributed by atoms with Gasteiger partial charge in [-0.2, -0.15) is 5.26 Å². The van der Waals surface area contributed by atoms with Crippen molar-refractivity contribution >= 4 is 43.6 Å². The summed E-state index contributed by atoms with van der Waals surface area (Å²) in [4.78, 5) is 0. The third-order valence-electron chi connectivity index (χ3n) is 8.54. The monoisotopic (exact) mass is 537 g/mol. The molecule has 8 aromatic rings. The van der Waals surface area contributed by atoms with Crippen molar-refractivity contribution in [2.45, 2.75) is 13.8 Å². The van der Waals surface area contributed by atoms with E-state index in [1.807, 2.05) is 12.1 Å². The van der Waals surface area contributed by atoms with Crippen LogP contribution in [-0.4, -0.2) is 9.13 Å². The molecule has 6 aromatic carbocycles. The van der Waals surface area contributed by atoms with Gasteiger partial charge in [0.05, 0.1) is 39.4 Å². The van der Waals surface area contributed by atoms with Gasteiger partial charge in [0.25, 0.3) is 0 Å². The van der Waals surface area contributed by atoms with Crippen LogP contribution in [0.3, 0.4) is 0 Å². The van der Waals surface area contributed by atoms with E-state index in [-0.39, 0.29) is 0 Å². The molecule has 0 unspecified atom stereocenters. The maximum Gasteiger partial charge on any atom is 0.0991 e. The van der Waals surface area contributed by atoms with Crippen molar-refractivity contribution in [2.24, 2.45) is 0 Å². The molecule has 0 aliphatic carbocycles. The molecule has 3 heteroatoms. The van der Waals surface area contributed by atoms with Crippen LogP contribution >= 0.6 is 0 Å². The van der Waals surface area contributed by atoms with Crippen LogP contribution in [0.1, 0.15) is 16.7 Å². The minimum atomic E-state index is 0.692. The molecule has 0 N–H and O–H groups in total. The van der Waals surface area contributed by atoms with Crippen molar-refractivity contribution < 1.29 is 0 Å². The molecule has 0 bridgehead atoms. The number of hydrogen-bond donors (Lipinski definition) is 0. The van der Waals surface area contributed by atoms with E-state index in [0.717, 1.165) is 33.5 Å². The Labute approximate surface area is 244 Å². The highest BCUT2D eigenvalue weighted by molar-refractivity contribution is 6.17. The Morgan fingerprint density at radius 1 is 0.524 bits per heavy atom. The van der Waals surface area contributed by atoms with Crippen molar-refractivity contribution in [3.63, 3.8) is 0 Å². The highest BCUT2D eigenvalue weighted by atomic mass is 15.0. The third-order valence-corrected chi connectivity index (χ3v) is 8.54. The van der Waals surface area contributed by atoms with Crippen molar-refractivity contribution in [3.8, 4) is 28.6 Å². The first-order valence-electron chi connectivity index (χ1n) is 14.3. The van der Waals surface area contributed by atoms with Gasteiger partial charge in [-0.15, -0.1) is 0 Å². The standard InChI is InChI=1S/C39H27N3/c1-25-21-27(24-40)22-26(2)39(25)42-35-17-9-7-14-33(35)38-30(15-10-18-36(38)42)28-19-20-32-31-13-6-8-16-34(31)41(37(32)23-28)29-11-4-3-5-12-29/h3-23H,1-2H3. The van der Waals surface area contributed by atoms with Gasteiger partial charge < -0.3 is 9.13 Å². The van der Waals surface area contributed by atoms with Crippen LogP contribution in [0.4, 0.5) is 0 Å². The topological polar surface area (TPSA) is 33.6 Å². The summed E-state index contributed by atoms with van der Waals surface area (Å²) in [7, 11) is 0. The predicted octanol–water partition coefficient (Wildman–Crippen LogP) is 10.0. The Balaban J connectivity index is 1.45. The van der Waals surface area contributed by atoms with Gasteiger partial charge in [0.15, 0.2) is 0 Å². The molecule has 198 valence electrons. The van der Waals surface area contributed by atoms with Gasteiger partial charge in [0.2, 0.25) is 0 Å². The molecule has 0 aliphatic rings. The van der Waals surface area contributed by atoms with E-state index in [9.17, 15) is 5.26 Å². The molecule has 42 heavy (non-hydrogen) atoms. The van der Waals surface area contributed by atoms with Crippen LogP contribution in [0.15, 0.2) is 127 Å². The lowest BCUT2D eigenvalue weighted by molar-refractivity contribution is 1.12. The zero-order valence-corrected chi connectivity index (χ0v) is 23.5. The number of aromatic nitrogens is 2. The van der Waals surface area contributed by atoms with Crippen molar-refractivity contribution in [3.05, 3.63) is 144 Å². The SMILES string of the molecule is Cc1cc(C#N)cc(C)c1-n1c2ccccc2c2c(-c3ccc4c5ccccc5n(-c5ccccc5)c4c3)cccc21. The molecular formula is C39H27N3. The summed E-state index contributed by atoms with van der Waals surface area (Å²) in [6.45, 7) is 4.20. The summed E-state index contributed by atoms with van der Waals surface area (Å²) >= 11 is 0. The van der Waals surface area contributed by atoms with E-state index in [1.165, 1.54) is 43.7 Å². The van der Waals surface area contributed by atoms with Gasteiger partial charge >= 0.3 is 0 Å². The van der Waals surface area contributed by atoms with Crippen LogP contribution in [-0.2, 0) is 0 Å². The number of fused-ring (bicyclic) bond motifs is 6. The molecule has 0 saturated heterocycles. The maximum absolute atomic E-state index is 9.57. The fraction of sp³-hybridized carbons (Fsp3) is 0.0513. The lowest BCUT2D eigenvalue weighted by Crippen LogP contribution is -2.01. The molecule has 8 rings (SSSR count). The molecule has 0 amide bonds. The van der Waals surface area contributed by atoms with E-state index >= 15 is 0 Å². The highest BCUT2D eigenvalue weighted by Crippen LogP contribution is 2.41. The van der Waals surface area contributed by atoms with Gasteiger partial charge in [0, 0.05) is 27.2 Å². The summed E-state index contributed by atoms with van der Waals surface area (Å²) in [5.74, 6) is 0.